The number of carbonyl (C=O) groups is 2. The van der Waals surface area contributed by atoms with Gasteiger partial charge in [0.1, 0.15) is 6.04 Å². The number of hydrogen-bond donors (Lipinski definition) is 2. The molecule has 2 amide bonds. The van der Waals surface area contributed by atoms with Gasteiger partial charge in [-0.3, -0.25) is 0 Å². The van der Waals surface area contributed by atoms with Gasteiger partial charge >= 0.3 is 12.0 Å². The molecule has 1 heterocycles. The maximum atomic E-state index is 12.1. The van der Waals surface area contributed by atoms with Crippen LogP contribution in [0.3, 0.4) is 0 Å². The minimum Gasteiger partial charge on any atom is -0.480 e. The van der Waals surface area contributed by atoms with E-state index in [2.05, 4.69) is 5.32 Å². The SMILES string of the molecule is CSCCC(NC(=O)N1CC2CCCC2C1)C(=O)O. The summed E-state index contributed by atoms with van der Waals surface area (Å²) in [5.41, 5.74) is 0. The van der Waals surface area contributed by atoms with E-state index in [0.717, 1.165) is 18.8 Å². The normalized spacial score (nSPS) is 27.1. The standard InChI is InChI=1S/C13H22N2O3S/c1-19-6-5-11(12(16)17)14-13(18)15-7-9-3-2-4-10(9)8-15/h9-11H,2-8H2,1H3,(H,14,18)(H,16,17). The van der Waals surface area contributed by atoms with Crippen LogP contribution in [0.4, 0.5) is 4.79 Å². The van der Waals surface area contributed by atoms with Gasteiger partial charge in [-0.25, -0.2) is 9.59 Å². The fourth-order valence-corrected chi connectivity index (χ4v) is 3.61. The molecule has 5 nitrogen and oxygen atoms in total. The fraction of sp³-hybridized carbons (Fsp3) is 0.846. The second-order valence-electron chi connectivity index (χ2n) is 5.48. The molecule has 0 aromatic rings. The van der Waals surface area contributed by atoms with Gasteiger partial charge < -0.3 is 15.3 Å². The van der Waals surface area contributed by atoms with E-state index < -0.39 is 12.0 Å². The van der Waals surface area contributed by atoms with Crippen LogP contribution in [0.15, 0.2) is 0 Å². The van der Waals surface area contributed by atoms with Gasteiger partial charge in [0.2, 0.25) is 0 Å². The van der Waals surface area contributed by atoms with Gasteiger partial charge in [0.05, 0.1) is 0 Å². The molecule has 0 spiro atoms. The Bertz CT molecular complexity index is 339. The zero-order valence-electron chi connectivity index (χ0n) is 11.3. The Balaban J connectivity index is 1.84. The first kappa shape index (κ1) is 14.5. The number of amides is 2. The van der Waals surface area contributed by atoms with Crippen molar-refractivity contribution in [3.63, 3.8) is 0 Å². The third-order valence-corrected chi connectivity index (χ3v) is 4.86. The van der Waals surface area contributed by atoms with Crippen LogP contribution in [0.2, 0.25) is 0 Å². The van der Waals surface area contributed by atoms with Gasteiger partial charge in [-0.15, -0.1) is 0 Å². The van der Waals surface area contributed by atoms with Crippen LogP contribution in [0.5, 0.6) is 0 Å². The molecule has 2 N–H and O–H groups in total. The second kappa shape index (κ2) is 6.50. The number of thioether (sulfide) groups is 1. The summed E-state index contributed by atoms with van der Waals surface area (Å²) in [5.74, 6) is 1.07. The summed E-state index contributed by atoms with van der Waals surface area (Å²) in [6.07, 6.45) is 6.11. The van der Waals surface area contributed by atoms with E-state index in [1.165, 1.54) is 19.3 Å². The van der Waals surface area contributed by atoms with Crippen LogP contribution in [-0.2, 0) is 4.79 Å². The van der Waals surface area contributed by atoms with Crippen molar-refractivity contribution >= 4 is 23.8 Å². The molecule has 0 aromatic carbocycles. The minimum atomic E-state index is -0.943. The van der Waals surface area contributed by atoms with Gasteiger partial charge in [0.15, 0.2) is 0 Å². The first-order valence-corrected chi connectivity index (χ1v) is 8.28. The molecule has 1 aliphatic carbocycles. The average molecular weight is 286 g/mol. The van der Waals surface area contributed by atoms with E-state index in [1.807, 2.05) is 6.26 Å². The first-order chi connectivity index (χ1) is 9.11. The Morgan fingerprint density at radius 3 is 2.53 bits per heavy atom. The van der Waals surface area contributed by atoms with E-state index in [-0.39, 0.29) is 6.03 Å². The lowest BCUT2D eigenvalue weighted by atomic mass is 10.0. The summed E-state index contributed by atoms with van der Waals surface area (Å²) in [4.78, 5) is 25.0. The Morgan fingerprint density at radius 2 is 2.00 bits per heavy atom. The summed E-state index contributed by atoms with van der Waals surface area (Å²) in [5, 5.41) is 11.8. The monoisotopic (exact) mass is 286 g/mol. The molecular weight excluding hydrogens is 264 g/mol. The van der Waals surface area contributed by atoms with Gasteiger partial charge in [-0.2, -0.15) is 11.8 Å². The van der Waals surface area contributed by atoms with E-state index in [1.54, 1.807) is 16.7 Å². The summed E-state index contributed by atoms with van der Waals surface area (Å²) in [6.45, 7) is 1.59. The molecule has 3 unspecified atom stereocenters. The van der Waals surface area contributed by atoms with Crippen molar-refractivity contribution < 1.29 is 14.7 Å². The smallest absolute Gasteiger partial charge is 0.326 e. The molecule has 3 atom stereocenters. The topological polar surface area (TPSA) is 69.6 Å². The van der Waals surface area contributed by atoms with Gasteiger partial charge in [0, 0.05) is 13.1 Å². The fourth-order valence-electron chi connectivity index (χ4n) is 3.13. The number of carboxylic acid groups (broad SMARTS) is 1. The summed E-state index contributed by atoms with van der Waals surface area (Å²) < 4.78 is 0. The van der Waals surface area contributed by atoms with Crippen LogP contribution in [-0.4, -0.2) is 53.1 Å². The minimum absolute atomic E-state index is 0.206. The molecule has 0 bridgehead atoms. The predicted octanol–water partition coefficient (Wildman–Crippen LogP) is 1.63. The largest absolute Gasteiger partial charge is 0.480 e. The first-order valence-electron chi connectivity index (χ1n) is 6.89. The highest BCUT2D eigenvalue weighted by atomic mass is 32.2. The van der Waals surface area contributed by atoms with Gasteiger partial charge in [-0.1, -0.05) is 6.42 Å². The number of carboxylic acids is 1. The molecule has 1 saturated carbocycles. The molecule has 1 saturated heterocycles. The molecule has 2 rings (SSSR count). The Kier molecular flexibility index (Phi) is 4.96. The van der Waals surface area contributed by atoms with Crippen LogP contribution in [0, 0.1) is 11.8 Å². The third-order valence-electron chi connectivity index (χ3n) is 4.22. The molecule has 19 heavy (non-hydrogen) atoms. The van der Waals surface area contributed by atoms with E-state index in [0.29, 0.717) is 18.3 Å². The van der Waals surface area contributed by atoms with Crippen molar-refractivity contribution in [1.82, 2.24) is 10.2 Å². The van der Waals surface area contributed by atoms with Crippen LogP contribution in [0.25, 0.3) is 0 Å². The number of likely N-dealkylation sites (tertiary alicyclic amines) is 1. The highest BCUT2D eigenvalue weighted by Gasteiger charge is 2.38. The Hall–Kier alpha value is -0.910. The molecule has 0 aromatic heterocycles. The Labute approximate surface area is 118 Å². The molecule has 1 aliphatic heterocycles. The lowest BCUT2D eigenvalue weighted by molar-refractivity contribution is -0.139. The van der Waals surface area contributed by atoms with Crippen LogP contribution < -0.4 is 5.32 Å². The number of hydrogen-bond acceptors (Lipinski definition) is 3. The van der Waals surface area contributed by atoms with Crippen molar-refractivity contribution in [3.05, 3.63) is 0 Å². The van der Waals surface area contributed by atoms with Crippen molar-refractivity contribution in [1.29, 1.82) is 0 Å². The van der Waals surface area contributed by atoms with Crippen molar-refractivity contribution in [2.75, 3.05) is 25.1 Å². The molecule has 108 valence electrons. The Morgan fingerprint density at radius 1 is 1.37 bits per heavy atom. The lowest BCUT2D eigenvalue weighted by Gasteiger charge is -2.21. The number of nitrogens with zero attached hydrogens (tertiary/aromatic N) is 1. The third kappa shape index (κ3) is 3.55. The van der Waals surface area contributed by atoms with Crippen molar-refractivity contribution in [3.8, 4) is 0 Å². The zero-order chi connectivity index (χ0) is 13.8. The number of nitrogens with one attached hydrogen (secondary N) is 1. The number of fused-ring (bicyclic) bond motifs is 1. The second-order valence-corrected chi connectivity index (χ2v) is 6.46. The summed E-state index contributed by atoms with van der Waals surface area (Å²) in [7, 11) is 0. The number of aliphatic carboxylic acids is 1. The number of rotatable bonds is 5. The predicted molar refractivity (Wildman–Crippen MR) is 75.4 cm³/mol. The average Bonchev–Trinajstić information content (AvgIpc) is 2.94. The maximum Gasteiger partial charge on any atom is 0.326 e. The van der Waals surface area contributed by atoms with E-state index in [9.17, 15) is 9.59 Å². The summed E-state index contributed by atoms with van der Waals surface area (Å²) in [6, 6.07) is -0.969. The quantitative estimate of drug-likeness (QED) is 0.806. The van der Waals surface area contributed by atoms with Crippen LogP contribution >= 0.6 is 11.8 Å². The molecule has 6 heteroatoms. The highest BCUT2D eigenvalue weighted by molar-refractivity contribution is 7.98. The van der Waals surface area contributed by atoms with Gasteiger partial charge in [-0.05, 0) is 43.1 Å². The van der Waals surface area contributed by atoms with Crippen molar-refractivity contribution in [2.24, 2.45) is 11.8 Å². The molecule has 2 fully saturated rings. The molecule has 2 aliphatic rings. The number of urea groups is 1. The van der Waals surface area contributed by atoms with Gasteiger partial charge in [0.25, 0.3) is 0 Å². The highest BCUT2D eigenvalue weighted by Crippen LogP contribution is 2.37. The van der Waals surface area contributed by atoms with Crippen molar-refractivity contribution in [2.45, 2.75) is 31.7 Å². The maximum absolute atomic E-state index is 12.1. The number of carbonyl (C=O) groups excluding carboxylic acids is 1. The molecule has 0 radical (unpaired) electrons. The van der Waals surface area contributed by atoms with Crippen LogP contribution in [0.1, 0.15) is 25.7 Å². The zero-order valence-corrected chi connectivity index (χ0v) is 12.1. The summed E-state index contributed by atoms with van der Waals surface area (Å²) >= 11 is 1.59. The van der Waals surface area contributed by atoms with E-state index in [4.69, 9.17) is 5.11 Å². The lowest BCUT2D eigenvalue weighted by Crippen LogP contribution is -2.47. The molecular formula is C13H22N2O3S. The van der Waals surface area contributed by atoms with E-state index >= 15 is 0 Å².